The van der Waals surface area contributed by atoms with Crippen LogP contribution in [0.4, 0.5) is 11.5 Å². The Morgan fingerprint density at radius 1 is 1.12 bits per heavy atom. The summed E-state index contributed by atoms with van der Waals surface area (Å²) in [6.45, 7) is 9.27. The molecule has 3 aromatic rings. The average molecular weight is 576 g/mol. The van der Waals surface area contributed by atoms with E-state index in [2.05, 4.69) is 76.2 Å². The van der Waals surface area contributed by atoms with E-state index < -0.39 is 10.0 Å². The van der Waals surface area contributed by atoms with Gasteiger partial charge < -0.3 is 10.2 Å². The number of allylic oxidation sites excluding steroid dienone is 2. The van der Waals surface area contributed by atoms with Gasteiger partial charge in [-0.1, -0.05) is 32.1 Å². The lowest BCUT2D eigenvalue weighted by atomic mass is 9.89. The van der Waals surface area contributed by atoms with E-state index in [0.29, 0.717) is 11.7 Å². The smallest absolute Gasteiger partial charge is 0.211 e. The first kappa shape index (κ1) is 29.0. The first-order chi connectivity index (χ1) is 19.6. The third-order valence-electron chi connectivity index (χ3n) is 8.18. The van der Waals surface area contributed by atoms with E-state index in [4.69, 9.17) is 4.98 Å². The van der Waals surface area contributed by atoms with Crippen LogP contribution < -0.4 is 25.4 Å². The molecule has 2 N–H and O–H groups in total. The van der Waals surface area contributed by atoms with Crippen molar-refractivity contribution in [1.29, 1.82) is 0 Å². The molecule has 1 aliphatic carbocycles. The lowest BCUT2D eigenvalue weighted by molar-refractivity contribution is 0.339. The molecule has 41 heavy (non-hydrogen) atoms. The van der Waals surface area contributed by atoms with Gasteiger partial charge in [0.25, 0.3) is 0 Å². The number of nitrogens with zero attached hydrogens (tertiary/aromatic N) is 5. The van der Waals surface area contributed by atoms with Crippen LogP contribution in [0.1, 0.15) is 57.2 Å². The second-order valence-corrected chi connectivity index (χ2v) is 13.4. The highest BCUT2D eigenvalue weighted by atomic mass is 32.2. The molecule has 5 rings (SSSR count). The quantitative estimate of drug-likeness (QED) is 0.424. The molecule has 10 heteroatoms. The summed E-state index contributed by atoms with van der Waals surface area (Å²) in [5.74, 6) is 1.97. The number of nitrogens with one attached hydrogen (secondary N) is 2. The van der Waals surface area contributed by atoms with Crippen LogP contribution in [0.5, 0.6) is 0 Å². The fourth-order valence-corrected chi connectivity index (χ4v) is 6.90. The molecule has 2 atom stereocenters. The molecule has 0 radical (unpaired) electrons. The van der Waals surface area contributed by atoms with Crippen LogP contribution in [0, 0.1) is 12.8 Å². The molecule has 0 bridgehead atoms. The number of aromatic nitrogens is 4. The summed E-state index contributed by atoms with van der Waals surface area (Å²) in [5.41, 5.74) is 5.26. The minimum atomic E-state index is -3.25. The number of rotatable bonds is 8. The highest BCUT2D eigenvalue weighted by Crippen LogP contribution is 2.30. The topological polar surface area (TPSA) is 105 Å². The number of benzene rings is 1. The molecule has 3 heterocycles. The average Bonchev–Trinajstić information content (AvgIpc) is 3.32. The summed E-state index contributed by atoms with van der Waals surface area (Å²) < 4.78 is 28.7. The Balaban J connectivity index is 1.52. The van der Waals surface area contributed by atoms with Crippen LogP contribution in [-0.4, -0.2) is 53.6 Å². The van der Waals surface area contributed by atoms with Gasteiger partial charge in [-0.25, -0.2) is 23.1 Å². The molecule has 1 aromatic carbocycles. The predicted molar refractivity (Wildman–Crippen MR) is 166 cm³/mol. The molecular weight excluding hydrogens is 534 g/mol. The first-order valence-corrected chi connectivity index (χ1v) is 16.0. The Morgan fingerprint density at radius 2 is 1.90 bits per heavy atom. The number of hydrogen-bond donors (Lipinski definition) is 2. The van der Waals surface area contributed by atoms with E-state index in [-0.39, 0.29) is 17.7 Å². The molecule has 9 nitrogen and oxygen atoms in total. The third-order valence-corrected chi connectivity index (χ3v) is 9.67. The summed E-state index contributed by atoms with van der Waals surface area (Å²) >= 11 is 0. The molecule has 0 amide bonds. The van der Waals surface area contributed by atoms with Crippen LogP contribution in [0.15, 0.2) is 42.4 Å². The lowest BCUT2D eigenvalue weighted by Gasteiger charge is -2.48. The third kappa shape index (κ3) is 6.23. The molecule has 2 aliphatic rings. The summed E-state index contributed by atoms with van der Waals surface area (Å²) in [5, 5.41) is 10.4. The second kappa shape index (κ2) is 11.8. The first-order valence-electron chi connectivity index (χ1n) is 14.4. The molecule has 0 unspecified atom stereocenters. The van der Waals surface area contributed by atoms with Gasteiger partial charge in [0, 0.05) is 54.5 Å². The van der Waals surface area contributed by atoms with Crippen molar-refractivity contribution in [3.05, 3.63) is 64.1 Å². The Bertz CT molecular complexity index is 1690. The largest absolute Gasteiger partial charge is 0.368 e. The minimum absolute atomic E-state index is 0.0979. The zero-order chi connectivity index (χ0) is 29.3. The minimum Gasteiger partial charge on any atom is -0.368 e. The van der Waals surface area contributed by atoms with Crippen molar-refractivity contribution in [1.82, 2.24) is 24.5 Å². The number of hydrogen-bond acceptors (Lipinski definition) is 7. The highest BCUT2D eigenvalue weighted by Gasteiger charge is 2.38. The summed E-state index contributed by atoms with van der Waals surface area (Å²) in [6, 6.07) is 6.48. The van der Waals surface area contributed by atoms with Crippen LogP contribution in [0.25, 0.3) is 23.5 Å². The fourth-order valence-electron chi connectivity index (χ4n) is 5.78. The van der Waals surface area contributed by atoms with E-state index >= 15 is 0 Å². The number of fused-ring (bicyclic) bond motifs is 1. The molecule has 1 saturated heterocycles. The molecule has 2 aromatic heterocycles. The summed E-state index contributed by atoms with van der Waals surface area (Å²) in [4.78, 5) is 11.7. The van der Waals surface area contributed by atoms with Gasteiger partial charge in [-0.15, -0.1) is 0 Å². The van der Waals surface area contributed by atoms with Gasteiger partial charge in [0.1, 0.15) is 5.82 Å². The predicted octanol–water partition coefficient (Wildman–Crippen LogP) is 3.42. The zero-order valence-corrected chi connectivity index (χ0v) is 25.7. The zero-order valence-electron chi connectivity index (χ0n) is 24.8. The van der Waals surface area contributed by atoms with Crippen LogP contribution in [0.3, 0.4) is 0 Å². The Labute approximate surface area is 243 Å². The molecule has 1 aliphatic heterocycles. The van der Waals surface area contributed by atoms with Crippen molar-refractivity contribution >= 4 is 33.7 Å². The number of sulfonamides is 1. The van der Waals surface area contributed by atoms with Crippen LogP contribution in [0.2, 0.25) is 0 Å². The standard InChI is InChI=1S/C31H41N7O2S/c1-20(2)25-12-13-29(38-17-23(22(38)4)19-41(39,40)32-5)26-11-9-7-8-10-24(16-27(25)26)34-30-14-15-33-31(35-30)28-18-37(6)36-21(28)3/h10-16,18,20,22-23,32H,7-9,17,19H2,1-6H3,(H,33,34,35)/b24-10+,26-11+,27-16-/t22-,23-/m1/s1. The summed E-state index contributed by atoms with van der Waals surface area (Å²) in [7, 11) is 0.135. The van der Waals surface area contributed by atoms with Gasteiger partial charge >= 0.3 is 0 Å². The van der Waals surface area contributed by atoms with Gasteiger partial charge in [-0.2, -0.15) is 5.10 Å². The molecule has 0 saturated carbocycles. The van der Waals surface area contributed by atoms with Crippen LogP contribution in [-0.2, 0) is 17.1 Å². The maximum Gasteiger partial charge on any atom is 0.211 e. The molecule has 0 spiro atoms. The summed E-state index contributed by atoms with van der Waals surface area (Å²) in [6.07, 6.45) is 13.5. The van der Waals surface area contributed by atoms with Crippen molar-refractivity contribution in [2.75, 3.05) is 29.6 Å². The monoisotopic (exact) mass is 575 g/mol. The number of anilines is 2. The van der Waals surface area contributed by atoms with Crippen molar-refractivity contribution < 1.29 is 8.42 Å². The van der Waals surface area contributed by atoms with Crippen molar-refractivity contribution in [2.24, 2.45) is 13.0 Å². The van der Waals surface area contributed by atoms with Gasteiger partial charge in [-0.3, -0.25) is 4.68 Å². The van der Waals surface area contributed by atoms with E-state index in [1.54, 1.807) is 10.9 Å². The fraction of sp³-hybridized carbons (Fsp3) is 0.452. The lowest BCUT2D eigenvalue weighted by Crippen LogP contribution is -2.59. The second-order valence-electron chi connectivity index (χ2n) is 11.4. The maximum absolute atomic E-state index is 12.2. The van der Waals surface area contributed by atoms with Crippen molar-refractivity contribution in [2.45, 2.75) is 58.9 Å². The van der Waals surface area contributed by atoms with Gasteiger partial charge in [-0.05, 0) is 75.1 Å². The molecular formula is C31H41N7O2S. The van der Waals surface area contributed by atoms with Gasteiger partial charge in [0.15, 0.2) is 5.82 Å². The number of aryl methyl sites for hydroxylation is 2. The molecule has 1 fully saturated rings. The van der Waals surface area contributed by atoms with E-state index in [1.165, 1.54) is 28.7 Å². The Hall–Kier alpha value is -3.50. The Kier molecular flexibility index (Phi) is 8.33. The van der Waals surface area contributed by atoms with Crippen molar-refractivity contribution in [3.63, 3.8) is 0 Å². The SMILES string of the molecule is CNS(=O)(=O)C[C@H]1CN(c2ccc(C(C)C)c3/c2=C\CCC/C=C(Nc2ccnc(-c4cn(C)nc4C)n2)\C=3)[C@@H]1C. The highest BCUT2D eigenvalue weighted by molar-refractivity contribution is 7.89. The van der Waals surface area contributed by atoms with Gasteiger partial charge in [0.2, 0.25) is 10.0 Å². The normalized spacial score (nSPS) is 22.1. The van der Waals surface area contributed by atoms with E-state index in [9.17, 15) is 8.42 Å². The van der Waals surface area contributed by atoms with E-state index in [1.807, 2.05) is 26.2 Å². The van der Waals surface area contributed by atoms with Crippen LogP contribution >= 0.6 is 0 Å². The van der Waals surface area contributed by atoms with Crippen molar-refractivity contribution in [3.8, 4) is 11.4 Å². The van der Waals surface area contributed by atoms with Gasteiger partial charge in [0.05, 0.1) is 17.0 Å². The van der Waals surface area contributed by atoms with E-state index in [0.717, 1.165) is 48.6 Å². The maximum atomic E-state index is 12.2. The Morgan fingerprint density at radius 3 is 2.59 bits per heavy atom. The molecule has 218 valence electrons.